The summed E-state index contributed by atoms with van der Waals surface area (Å²) in [5.74, 6) is -4.66. The Bertz CT molecular complexity index is 2950. The zero-order chi connectivity index (χ0) is 56.8. The minimum atomic E-state index is -1.73. The van der Waals surface area contributed by atoms with Crippen LogP contribution in [0.3, 0.4) is 0 Å². The van der Waals surface area contributed by atoms with Gasteiger partial charge in [0.1, 0.15) is 53.0 Å². The van der Waals surface area contributed by atoms with Gasteiger partial charge in [-0.1, -0.05) is 42.4 Å². The first kappa shape index (κ1) is 57.3. The summed E-state index contributed by atoms with van der Waals surface area (Å²) >= 11 is 0. The highest BCUT2D eigenvalue weighted by molar-refractivity contribution is 6.19. The van der Waals surface area contributed by atoms with Crippen LogP contribution >= 0.6 is 0 Å². The van der Waals surface area contributed by atoms with Crippen LogP contribution in [0.2, 0.25) is 0 Å². The SMILES string of the molecule is CC(=O)OC[C@H]1O[C@@H](Oc2ccc(C(=O)CCCOC(=O)/C(C)=C\CC34OC(C)(C)C5CC(C=C6C(=O)c7c(O)c8c(c(CC=C(C)C)c7OC653)OC(C)(CCC=C(C)C)C=C8)C4=O)cc2)[C@H](C)[C@@H](OC(C)=O)[C@@H]1OC(C)=O. The van der Waals surface area contributed by atoms with Gasteiger partial charge in [-0.2, -0.15) is 0 Å². The molecule has 1 N–H and O–H groups in total. The van der Waals surface area contributed by atoms with Crippen LogP contribution in [0.25, 0.3) is 6.08 Å². The second kappa shape index (κ2) is 22.1. The smallest absolute Gasteiger partial charge is 0.333 e. The Morgan fingerprint density at radius 3 is 2.15 bits per heavy atom. The summed E-state index contributed by atoms with van der Waals surface area (Å²) in [5.41, 5.74) is -1.06. The molecule has 2 saturated heterocycles. The molecule has 1 spiro atoms. The van der Waals surface area contributed by atoms with Crippen LogP contribution in [0.5, 0.6) is 23.0 Å². The van der Waals surface area contributed by atoms with Crippen molar-refractivity contribution in [2.75, 3.05) is 13.2 Å². The van der Waals surface area contributed by atoms with Gasteiger partial charge in [0, 0.05) is 67.7 Å². The molecular formula is C61H72O17. The minimum Gasteiger partial charge on any atom is -0.506 e. The number of ether oxygens (including phenoxy) is 9. The van der Waals surface area contributed by atoms with Crippen molar-refractivity contribution in [1.29, 1.82) is 0 Å². The Morgan fingerprint density at radius 2 is 1.50 bits per heavy atom. The van der Waals surface area contributed by atoms with Crippen LogP contribution in [0.1, 0.15) is 153 Å². The van der Waals surface area contributed by atoms with Gasteiger partial charge in [-0.3, -0.25) is 28.8 Å². The molecule has 0 amide bonds. The van der Waals surface area contributed by atoms with E-state index >= 15 is 4.79 Å². The van der Waals surface area contributed by atoms with Crippen LogP contribution in [0.4, 0.5) is 0 Å². The van der Waals surface area contributed by atoms with E-state index in [-0.39, 0.29) is 72.3 Å². The number of esters is 4. The van der Waals surface area contributed by atoms with Gasteiger partial charge in [0.15, 0.2) is 34.7 Å². The third-order valence-corrected chi connectivity index (χ3v) is 15.7. The third kappa shape index (κ3) is 10.8. The molecule has 1 saturated carbocycles. The highest BCUT2D eigenvalue weighted by Gasteiger charge is 2.81. The third-order valence-electron chi connectivity index (χ3n) is 15.7. The number of phenolic OH excluding ortho intramolecular Hbond substituents is 1. The van der Waals surface area contributed by atoms with Crippen molar-refractivity contribution < 1.29 is 81.3 Å². The Kier molecular flexibility index (Phi) is 16.3. The molecule has 10 atom stereocenters. The fourth-order valence-corrected chi connectivity index (χ4v) is 11.9. The predicted octanol–water partition coefficient (Wildman–Crippen LogP) is 9.53. The highest BCUT2D eigenvalue weighted by atomic mass is 16.7. The maximum atomic E-state index is 15.2. The number of benzene rings is 2. The van der Waals surface area contributed by atoms with Crippen LogP contribution < -0.4 is 14.2 Å². The van der Waals surface area contributed by atoms with Crippen molar-refractivity contribution >= 4 is 47.3 Å². The molecule has 0 radical (unpaired) electrons. The van der Waals surface area contributed by atoms with Gasteiger partial charge in [0.05, 0.1) is 23.7 Å². The molecule has 418 valence electrons. The van der Waals surface area contributed by atoms with E-state index in [4.69, 9.17) is 42.6 Å². The van der Waals surface area contributed by atoms with E-state index in [9.17, 15) is 33.9 Å². The van der Waals surface area contributed by atoms with Crippen LogP contribution in [-0.4, -0.2) is 107 Å². The first-order valence-corrected chi connectivity index (χ1v) is 26.8. The summed E-state index contributed by atoms with van der Waals surface area (Å²) in [4.78, 5) is 92.7. The Labute approximate surface area is 455 Å². The molecule has 3 fully saturated rings. The molecular weight excluding hydrogens is 1000 g/mol. The van der Waals surface area contributed by atoms with E-state index in [2.05, 4.69) is 6.08 Å². The molecule has 4 heterocycles. The number of allylic oxidation sites excluding steroid dienone is 5. The monoisotopic (exact) mass is 1080 g/mol. The number of carbonyl (C=O) groups excluding carboxylic acids is 7. The number of aromatic hydroxyl groups is 1. The minimum absolute atomic E-state index is 0.0127. The molecule has 2 aromatic rings. The molecule has 4 bridgehead atoms. The number of rotatable bonds is 19. The first-order chi connectivity index (χ1) is 36.7. The number of hydrogen-bond acceptors (Lipinski definition) is 17. The van der Waals surface area contributed by atoms with Gasteiger partial charge in [-0.15, -0.1) is 0 Å². The zero-order valence-electron chi connectivity index (χ0n) is 46.7. The average Bonchev–Trinajstić information content (AvgIpc) is 1.78. The maximum Gasteiger partial charge on any atom is 0.333 e. The van der Waals surface area contributed by atoms with Gasteiger partial charge < -0.3 is 47.7 Å². The molecule has 17 nitrogen and oxygen atoms in total. The molecule has 7 aliphatic rings. The number of phenols is 1. The van der Waals surface area contributed by atoms with Crippen molar-refractivity contribution in [2.45, 2.75) is 175 Å². The molecule has 3 aliphatic carbocycles. The van der Waals surface area contributed by atoms with Gasteiger partial charge in [0.2, 0.25) is 6.29 Å². The Balaban J connectivity index is 0.957. The largest absolute Gasteiger partial charge is 0.506 e. The van der Waals surface area contributed by atoms with E-state index < -0.39 is 94.4 Å². The number of hydrogen-bond donors (Lipinski definition) is 1. The van der Waals surface area contributed by atoms with Gasteiger partial charge in [-0.05, 0) is 124 Å². The molecule has 4 aliphatic heterocycles. The summed E-state index contributed by atoms with van der Waals surface area (Å²) in [6, 6.07) is 6.27. The normalized spacial score (nSPS) is 28.8. The van der Waals surface area contributed by atoms with Crippen LogP contribution in [0.15, 0.2) is 76.9 Å². The topological polar surface area (TPSA) is 223 Å². The standard InChI is InChI=1S/C61H72O17/c1-32(2)15-13-25-59(12)26-24-42-49(66)48-50(67)44-29-40-30-47-58(10,11)78-60(55(40)68,61(44,47)77-53(48)43(52(42)76-59)22-17-33(3)4)27-23-34(5)56(69)70-28-14-16-45(65)39-18-20-41(21-19-39)74-57-35(6)51(72-37(8)63)54(73-38(9)64)46(75-57)31-71-36(7)62/h15,17-21,23-24,26,29,35,40,46-47,51,54,57,66H,13-14,16,22,25,27-28,30-31H2,1-12H3/b34-23-/t35-,40?,46-,47?,51-,54-,57-,59?,60?,61?/m1/s1. The fourth-order valence-electron chi connectivity index (χ4n) is 11.9. The zero-order valence-corrected chi connectivity index (χ0v) is 46.7. The summed E-state index contributed by atoms with van der Waals surface area (Å²) in [6.45, 7) is 20.3. The summed E-state index contributed by atoms with van der Waals surface area (Å²) in [5, 5.41) is 12.1. The summed E-state index contributed by atoms with van der Waals surface area (Å²) in [6.07, 6.45) is 9.24. The van der Waals surface area contributed by atoms with Gasteiger partial charge in [0.25, 0.3) is 0 Å². The molecule has 78 heavy (non-hydrogen) atoms. The van der Waals surface area contributed by atoms with E-state index in [1.807, 2.05) is 66.7 Å². The van der Waals surface area contributed by atoms with Crippen molar-refractivity contribution in [2.24, 2.45) is 17.8 Å². The van der Waals surface area contributed by atoms with Gasteiger partial charge >= 0.3 is 23.9 Å². The lowest BCUT2D eigenvalue weighted by Crippen LogP contribution is -2.72. The van der Waals surface area contributed by atoms with E-state index in [1.54, 1.807) is 50.3 Å². The first-order valence-electron chi connectivity index (χ1n) is 26.8. The second-order valence-corrected chi connectivity index (χ2v) is 22.6. The Morgan fingerprint density at radius 1 is 0.821 bits per heavy atom. The number of fused-ring (bicyclic) bond motifs is 2. The van der Waals surface area contributed by atoms with E-state index in [0.717, 1.165) is 12.0 Å². The average molecular weight is 1080 g/mol. The van der Waals surface area contributed by atoms with Crippen molar-refractivity contribution in [3.63, 3.8) is 0 Å². The molecule has 2 aromatic carbocycles. The summed E-state index contributed by atoms with van der Waals surface area (Å²) < 4.78 is 55.1. The quantitative estimate of drug-likeness (QED) is 0.0345. The summed E-state index contributed by atoms with van der Waals surface area (Å²) in [7, 11) is 0. The highest BCUT2D eigenvalue weighted by Crippen LogP contribution is 2.69. The van der Waals surface area contributed by atoms with E-state index in [1.165, 1.54) is 26.3 Å². The second-order valence-electron chi connectivity index (χ2n) is 22.6. The lowest BCUT2D eigenvalue weighted by molar-refractivity contribution is -0.267. The molecule has 5 unspecified atom stereocenters. The number of ketones is 3. The Hall–Kier alpha value is -6.85. The molecule has 0 aromatic heterocycles. The fraction of sp³-hybridized carbons (Fsp3) is 0.525. The lowest BCUT2D eigenvalue weighted by Gasteiger charge is -2.56. The van der Waals surface area contributed by atoms with Crippen molar-refractivity contribution in [1.82, 2.24) is 0 Å². The lowest BCUT2D eigenvalue weighted by atomic mass is 9.51. The van der Waals surface area contributed by atoms with Crippen molar-refractivity contribution in [3.8, 4) is 23.0 Å². The number of carbonyl (C=O) groups is 7. The van der Waals surface area contributed by atoms with E-state index in [0.29, 0.717) is 47.5 Å². The van der Waals surface area contributed by atoms with Crippen LogP contribution in [0, 0.1) is 17.8 Å². The predicted molar refractivity (Wildman–Crippen MR) is 284 cm³/mol. The van der Waals surface area contributed by atoms with Crippen molar-refractivity contribution in [3.05, 3.63) is 99.2 Å². The maximum absolute atomic E-state index is 15.2. The molecule has 9 rings (SSSR count). The number of Topliss-reactive ketones (excluding diaryl/α,β-unsaturated/α-hetero) is 3. The molecule has 17 heteroatoms. The van der Waals surface area contributed by atoms with Gasteiger partial charge in [-0.25, -0.2) is 4.79 Å². The van der Waals surface area contributed by atoms with Crippen LogP contribution in [-0.2, 0) is 58.8 Å².